The van der Waals surface area contributed by atoms with Crippen LogP contribution in [0.1, 0.15) is 12.5 Å². The molecule has 2 N–H and O–H groups in total. The standard InChI is InChI=1S/C12H17BrN2O2/c1-8-4-5-10(6-11(8)13)14-12(17)15(3)9(2)7-16/h4-6,9,16H,7H2,1-3H3,(H,14,17). The van der Waals surface area contributed by atoms with Crippen molar-refractivity contribution in [2.75, 3.05) is 19.0 Å². The first kappa shape index (κ1) is 14.0. The van der Waals surface area contributed by atoms with Crippen LogP contribution in [0.3, 0.4) is 0 Å². The molecule has 0 aliphatic carbocycles. The normalized spacial score (nSPS) is 12.1. The van der Waals surface area contributed by atoms with Gasteiger partial charge in [0.15, 0.2) is 0 Å². The predicted molar refractivity (Wildman–Crippen MR) is 72.2 cm³/mol. The smallest absolute Gasteiger partial charge is 0.321 e. The van der Waals surface area contributed by atoms with Crippen LogP contribution < -0.4 is 5.32 Å². The van der Waals surface area contributed by atoms with E-state index in [4.69, 9.17) is 5.11 Å². The highest BCUT2D eigenvalue weighted by molar-refractivity contribution is 9.10. The summed E-state index contributed by atoms with van der Waals surface area (Å²) in [6, 6.07) is 5.18. The Labute approximate surface area is 110 Å². The van der Waals surface area contributed by atoms with Crippen LogP contribution in [0, 0.1) is 6.92 Å². The molecule has 0 spiro atoms. The van der Waals surface area contributed by atoms with E-state index in [0.29, 0.717) is 0 Å². The maximum absolute atomic E-state index is 11.8. The highest BCUT2D eigenvalue weighted by atomic mass is 79.9. The van der Waals surface area contributed by atoms with Crippen molar-refractivity contribution in [2.45, 2.75) is 19.9 Å². The number of hydrogen-bond donors (Lipinski definition) is 2. The zero-order chi connectivity index (χ0) is 13.0. The quantitative estimate of drug-likeness (QED) is 0.901. The Balaban J connectivity index is 2.71. The van der Waals surface area contributed by atoms with Crippen LogP contribution in [-0.2, 0) is 0 Å². The minimum absolute atomic E-state index is 0.0541. The summed E-state index contributed by atoms with van der Waals surface area (Å²) in [6.07, 6.45) is 0. The third kappa shape index (κ3) is 3.71. The van der Waals surface area contributed by atoms with Crippen LogP contribution in [-0.4, -0.2) is 35.7 Å². The molecule has 0 aromatic heterocycles. The topological polar surface area (TPSA) is 52.6 Å². The Kier molecular flexibility index (Phi) is 4.96. The molecule has 17 heavy (non-hydrogen) atoms. The summed E-state index contributed by atoms with van der Waals surface area (Å²) < 4.78 is 0.952. The number of aryl methyl sites for hydroxylation is 1. The van der Waals surface area contributed by atoms with E-state index in [2.05, 4.69) is 21.2 Å². The molecule has 0 aliphatic heterocycles. The number of anilines is 1. The lowest BCUT2D eigenvalue weighted by atomic mass is 10.2. The summed E-state index contributed by atoms with van der Waals surface area (Å²) in [5, 5.41) is 11.7. The molecule has 1 aromatic rings. The zero-order valence-corrected chi connectivity index (χ0v) is 11.8. The summed E-state index contributed by atoms with van der Waals surface area (Å²) in [5.41, 5.74) is 1.84. The fourth-order valence-corrected chi connectivity index (χ4v) is 1.58. The van der Waals surface area contributed by atoms with E-state index in [1.54, 1.807) is 14.0 Å². The van der Waals surface area contributed by atoms with Gasteiger partial charge in [-0.3, -0.25) is 0 Å². The largest absolute Gasteiger partial charge is 0.394 e. The SMILES string of the molecule is Cc1ccc(NC(=O)N(C)C(C)CO)cc1Br. The molecule has 1 atom stereocenters. The van der Waals surface area contributed by atoms with Gasteiger partial charge >= 0.3 is 6.03 Å². The number of halogens is 1. The minimum atomic E-state index is -0.234. The van der Waals surface area contributed by atoms with Crippen molar-refractivity contribution in [1.82, 2.24) is 4.90 Å². The first-order valence-corrected chi connectivity index (χ1v) is 6.15. The summed E-state index contributed by atoms with van der Waals surface area (Å²) in [7, 11) is 1.65. The number of likely N-dealkylation sites (N-methyl/N-ethyl adjacent to an activating group) is 1. The van der Waals surface area contributed by atoms with Gasteiger partial charge in [0.25, 0.3) is 0 Å². The summed E-state index contributed by atoms with van der Waals surface area (Å²) >= 11 is 3.41. The lowest BCUT2D eigenvalue weighted by Crippen LogP contribution is -2.40. The van der Waals surface area contributed by atoms with Crippen LogP contribution in [0.2, 0.25) is 0 Å². The highest BCUT2D eigenvalue weighted by Gasteiger charge is 2.14. The maximum Gasteiger partial charge on any atom is 0.321 e. The van der Waals surface area contributed by atoms with Crippen LogP contribution in [0.5, 0.6) is 0 Å². The molecule has 1 unspecified atom stereocenters. The maximum atomic E-state index is 11.8. The number of aliphatic hydroxyl groups excluding tert-OH is 1. The third-order valence-electron chi connectivity index (χ3n) is 2.67. The van der Waals surface area contributed by atoms with Crippen molar-refractivity contribution < 1.29 is 9.90 Å². The summed E-state index contributed by atoms with van der Waals surface area (Å²) in [4.78, 5) is 13.3. The Morgan fingerprint density at radius 3 is 2.76 bits per heavy atom. The second-order valence-electron chi connectivity index (χ2n) is 4.04. The van der Waals surface area contributed by atoms with Gasteiger partial charge in [-0.2, -0.15) is 0 Å². The van der Waals surface area contributed by atoms with E-state index in [1.165, 1.54) is 4.90 Å². The summed E-state index contributed by atoms with van der Waals surface area (Å²) in [5.74, 6) is 0. The first-order chi connectivity index (χ1) is 7.95. The molecule has 0 aliphatic rings. The van der Waals surface area contributed by atoms with Gasteiger partial charge in [-0.15, -0.1) is 0 Å². The third-order valence-corrected chi connectivity index (χ3v) is 3.52. The Bertz CT molecular complexity index is 409. The van der Waals surface area contributed by atoms with Crippen molar-refractivity contribution in [3.05, 3.63) is 28.2 Å². The van der Waals surface area contributed by atoms with E-state index in [0.717, 1.165) is 15.7 Å². The van der Waals surface area contributed by atoms with E-state index < -0.39 is 0 Å². The lowest BCUT2D eigenvalue weighted by molar-refractivity contribution is 0.166. The van der Waals surface area contributed by atoms with Gasteiger partial charge in [-0.05, 0) is 31.5 Å². The molecule has 94 valence electrons. The molecule has 0 radical (unpaired) electrons. The number of aliphatic hydroxyl groups is 1. The molecule has 0 bridgehead atoms. The average Bonchev–Trinajstić information content (AvgIpc) is 2.31. The Morgan fingerprint density at radius 2 is 2.24 bits per heavy atom. The highest BCUT2D eigenvalue weighted by Crippen LogP contribution is 2.20. The van der Waals surface area contributed by atoms with Crippen LogP contribution in [0.15, 0.2) is 22.7 Å². The molecule has 0 fully saturated rings. The van der Waals surface area contributed by atoms with Crippen molar-refractivity contribution in [3.8, 4) is 0 Å². The number of benzene rings is 1. The van der Waals surface area contributed by atoms with E-state index in [9.17, 15) is 4.79 Å². The number of urea groups is 1. The fourth-order valence-electron chi connectivity index (χ4n) is 1.20. The second-order valence-corrected chi connectivity index (χ2v) is 4.89. The molecule has 1 aromatic carbocycles. The number of carbonyl (C=O) groups is 1. The number of carbonyl (C=O) groups excluding carboxylic acids is 1. The Hall–Kier alpha value is -1.07. The molecular weight excluding hydrogens is 284 g/mol. The monoisotopic (exact) mass is 300 g/mol. The predicted octanol–water partition coefficient (Wildman–Crippen LogP) is 2.60. The van der Waals surface area contributed by atoms with Crippen molar-refractivity contribution in [2.24, 2.45) is 0 Å². The van der Waals surface area contributed by atoms with Crippen LogP contribution in [0.25, 0.3) is 0 Å². The number of hydrogen-bond acceptors (Lipinski definition) is 2. The van der Waals surface area contributed by atoms with Gasteiger partial charge in [-0.1, -0.05) is 22.0 Å². The number of nitrogens with one attached hydrogen (secondary N) is 1. The Morgan fingerprint density at radius 1 is 1.59 bits per heavy atom. The molecule has 0 saturated carbocycles. The molecular formula is C12H17BrN2O2. The fraction of sp³-hybridized carbons (Fsp3) is 0.417. The van der Waals surface area contributed by atoms with Crippen molar-refractivity contribution in [1.29, 1.82) is 0 Å². The van der Waals surface area contributed by atoms with E-state index in [-0.39, 0.29) is 18.7 Å². The van der Waals surface area contributed by atoms with Gasteiger partial charge in [0.1, 0.15) is 0 Å². The van der Waals surface area contributed by atoms with Crippen LogP contribution >= 0.6 is 15.9 Å². The zero-order valence-electron chi connectivity index (χ0n) is 10.2. The van der Waals surface area contributed by atoms with Crippen molar-refractivity contribution >= 4 is 27.6 Å². The molecule has 0 heterocycles. The van der Waals surface area contributed by atoms with Gasteiger partial charge in [0.05, 0.1) is 12.6 Å². The van der Waals surface area contributed by atoms with Gasteiger partial charge < -0.3 is 15.3 Å². The first-order valence-electron chi connectivity index (χ1n) is 5.36. The van der Waals surface area contributed by atoms with E-state index >= 15 is 0 Å². The van der Waals surface area contributed by atoms with E-state index in [1.807, 2.05) is 25.1 Å². The number of amides is 2. The molecule has 2 amide bonds. The minimum Gasteiger partial charge on any atom is -0.394 e. The lowest BCUT2D eigenvalue weighted by Gasteiger charge is -2.23. The summed E-state index contributed by atoms with van der Waals surface area (Å²) in [6.45, 7) is 3.71. The van der Waals surface area contributed by atoms with Gasteiger partial charge in [-0.25, -0.2) is 4.79 Å². The molecule has 1 rings (SSSR count). The van der Waals surface area contributed by atoms with Gasteiger partial charge in [0, 0.05) is 17.2 Å². The van der Waals surface area contributed by atoms with Crippen molar-refractivity contribution in [3.63, 3.8) is 0 Å². The molecule has 5 heteroatoms. The molecule has 4 nitrogen and oxygen atoms in total. The number of rotatable bonds is 3. The number of nitrogens with zero attached hydrogens (tertiary/aromatic N) is 1. The van der Waals surface area contributed by atoms with Crippen LogP contribution in [0.4, 0.5) is 10.5 Å². The average molecular weight is 301 g/mol. The second kappa shape index (κ2) is 6.02. The molecule has 0 saturated heterocycles. The van der Waals surface area contributed by atoms with Gasteiger partial charge in [0.2, 0.25) is 0 Å².